The van der Waals surface area contributed by atoms with Crippen molar-refractivity contribution in [3.8, 4) is 6.07 Å². The highest BCUT2D eigenvalue weighted by Crippen LogP contribution is 2.20. The summed E-state index contributed by atoms with van der Waals surface area (Å²) in [5.41, 5.74) is -0.815. The number of halogens is 1. The van der Waals surface area contributed by atoms with E-state index in [9.17, 15) is 9.59 Å². The quantitative estimate of drug-likeness (QED) is 0.793. The number of anilines is 1. The lowest BCUT2D eigenvalue weighted by Gasteiger charge is -2.21. The van der Waals surface area contributed by atoms with Crippen LogP contribution in [-0.2, 0) is 4.79 Å². The maximum atomic E-state index is 11.7. The average Bonchev–Trinajstić information content (AvgIpc) is 2.28. The van der Waals surface area contributed by atoms with Crippen molar-refractivity contribution in [1.82, 2.24) is 5.32 Å². The number of nitriles is 1. The minimum Gasteiger partial charge on any atom is -0.480 e. The Bertz CT molecular complexity index is 564. The van der Waals surface area contributed by atoms with Gasteiger partial charge in [0.05, 0.1) is 11.3 Å². The topological polar surface area (TPSA) is 102 Å². The van der Waals surface area contributed by atoms with Crippen LogP contribution in [0.15, 0.2) is 22.7 Å². The van der Waals surface area contributed by atoms with E-state index in [0.717, 1.165) is 0 Å². The van der Waals surface area contributed by atoms with Gasteiger partial charge in [-0.1, -0.05) is 15.9 Å². The van der Waals surface area contributed by atoms with Crippen LogP contribution in [0.1, 0.15) is 19.4 Å². The number of carboxylic acids is 1. The SMILES string of the molecule is CC(C)(NC(=O)Nc1cc(Br)ccc1C#N)C(=O)O. The third kappa shape index (κ3) is 3.96. The number of amides is 2. The van der Waals surface area contributed by atoms with Gasteiger partial charge in [0.15, 0.2) is 0 Å². The van der Waals surface area contributed by atoms with Crippen molar-refractivity contribution in [2.45, 2.75) is 19.4 Å². The first-order valence-electron chi connectivity index (χ1n) is 5.28. The van der Waals surface area contributed by atoms with Crippen molar-refractivity contribution >= 4 is 33.6 Å². The molecule has 3 N–H and O–H groups in total. The molecule has 0 unspecified atom stereocenters. The summed E-state index contributed by atoms with van der Waals surface area (Å²) in [5.74, 6) is -1.16. The number of carboxylic acid groups (broad SMARTS) is 1. The smallest absolute Gasteiger partial charge is 0.328 e. The first kappa shape index (κ1) is 15.0. The van der Waals surface area contributed by atoms with Gasteiger partial charge in [0.2, 0.25) is 0 Å². The number of aliphatic carboxylic acids is 1. The maximum absolute atomic E-state index is 11.7. The van der Waals surface area contributed by atoms with Gasteiger partial charge in [0.1, 0.15) is 11.6 Å². The minimum absolute atomic E-state index is 0.284. The van der Waals surface area contributed by atoms with Gasteiger partial charge in [0, 0.05) is 4.47 Å². The molecule has 0 bridgehead atoms. The summed E-state index contributed by atoms with van der Waals surface area (Å²) < 4.78 is 0.694. The molecule has 6 nitrogen and oxygen atoms in total. The lowest BCUT2D eigenvalue weighted by molar-refractivity contribution is -0.142. The molecule has 0 aliphatic carbocycles. The summed E-state index contributed by atoms with van der Waals surface area (Å²) in [5, 5.41) is 22.6. The average molecular weight is 326 g/mol. The van der Waals surface area contributed by atoms with E-state index in [2.05, 4.69) is 26.6 Å². The Labute approximate surface area is 118 Å². The van der Waals surface area contributed by atoms with Gasteiger partial charge in [-0.05, 0) is 32.0 Å². The molecule has 1 aromatic carbocycles. The Kier molecular flexibility index (Phi) is 4.51. The largest absolute Gasteiger partial charge is 0.480 e. The molecule has 0 radical (unpaired) electrons. The van der Waals surface area contributed by atoms with E-state index in [1.54, 1.807) is 18.2 Å². The predicted octanol–water partition coefficient (Wildman–Crippen LogP) is 2.31. The van der Waals surface area contributed by atoms with Gasteiger partial charge in [-0.25, -0.2) is 9.59 Å². The second kappa shape index (κ2) is 5.71. The Morgan fingerprint density at radius 2 is 2.05 bits per heavy atom. The van der Waals surface area contributed by atoms with Crippen LogP contribution in [0.25, 0.3) is 0 Å². The van der Waals surface area contributed by atoms with Crippen molar-refractivity contribution in [2.75, 3.05) is 5.32 Å². The number of carbonyl (C=O) groups is 2. The van der Waals surface area contributed by atoms with Crippen molar-refractivity contribution in [3.05, 3.63) is 28.2 Å². The third-order valence-electron chi connectivity index (χ3n) is 2.31. The van der Waals surface area contributed by atoms with Crippen molar-refractivity contribution < 1.29 is 14.7 Å². The molecule has 0 heterocycles. The normalized spacial score (nSPS) is 10.4. The van der Waals surface area contributed by atoms with Crippen molar-refractivity contribution in [1.29, 1.82) is 5.26 Å². The first-order valence-corrected chi connectivity index (χ1v) is 6.08. The van der Waals surface area contributed by atoms with Crippen LogP contribution in [0.5, 0.6) is 0 Å². The van der Waals surface area contributed by atoms with E-state index < -0.39 is 17.5 Å². The van der Waals surface area contributed by atoms with Gasteiger partial charge in [-0.2, -0.15) is 5.26 Å². The highest BCUT2D eigenvalue weighted by Gasteiger charge is 2.29. The zero-order valence-corrected chi connectivity index (χ0v) is 11.9. The third-order valence-corrected chi connectivity index (χ3v) is 2.80. The fraction of sp³-hybridized carbons (Fsp3) is 0.250. The molecule has 1 rings (SSSR count). The molecule has 0 fully saturated rings. The van der Waals surface area contributed by atoms with Gasteiger partial charge >= 0.3 is 12.0 Å². The lowest BCUT2D eigenvalue weighted by atomic mass is 10.1. The van der Waals surface area contributed by atoms with Gasteiger partial charge in [0.25, 0.3) is 0 Å². The van der Waals surface area contributed by atoms with E-state index in [0.29, 0.717) is 10.2 Å². The highest BCUT2D eigenvalue weighted by atomic mass is 79.9. The Balaban J connectivity index is 2.87. The van der Waals surface area contributed by atoms with E-state index in [-0.39, 0.29) is 5.56 Å². The van der Waals surface area contributed by atoms with Gasteiger partial charge < -0.3 is 15.7 Å². The van der Waals surface area contributed by atoms with E-state index in [4.69, 9.17) is 10.4 Å². The Morgan fingerprint density at radius 3 is 2.58 bits per heavy atom. The van der Waals surface area contributed by atoms with Crippen LogP contribution in [0.3, 0.4) is 0 Å². The van der Waals surface area contributed by atoms with Gasteiger partial charge in [-0.3, -0.25) is 0 Å². The fourth-order valence-corrected chi connectivity index (χ4v) is 1.57. The number of nitrogens with one attached hydrogen (secondary N) is 2. The van der Waals surface area contributed by atoms with Crippen LogP contribution < -0.4 is 10.6 Å². The molecule has 0 aliphatic rings. The molecule has 0 saturated carbocycles. The predicted molar refractivity (Wildman–Crippen MR) is 72.7 cm³/mol. The molecule has 0 atom stereocenters. The zero-order chi connectivity index (χ0) is 14.6. The fourth-order valence-electron chi connectivity index (χ4n) is 1.21. The summed E-state index contributed by atoms with van der Waals surface area (Å²) in [7, 11) is 0. The van der Waals surface area contributed by atoms with Crippen LogP contribution in [-0.4, -0.2) is 22.6 Å². The number of benzene rings is 1. The summed E-state index contributed by atoms with van der Waals surface area (Å²) in [6.45, 7) is 2.72. The molecule has 2 amide bonds. The summed E-state index contributed by atoms with van der Waals surface area (Å²) >= 11 is 3.22. The number of carbonyl (C=O) groups excluding carboxylic acids is 1. The molecule has 19 heavy (non-hydrogen) atoms. The monoisotopic (exact) mass is 325 g/mol. The molecule has 1 aromatic rings. The van der Waals surface area contributed by atoms with E-state index in [1.807, 2.05) is 6.07 Å². The van der Waals surface area contributed by atoms with E-state index in [1.165, 1.54) is 13.8 Å². The molecular formula is C12H12BrN3O3. The highest BCUT2D eigenvalue weighted by molar-refractivity contribution is 9.10. The second-order valence-corrected chi connectivity index (χ2v) is 5.23. The number of rotatable bonds is 3. The molecule has 0 aliphatic heterocycles. The second-order valence-electron chi connectivity index (χ2n) is 4.31. The zero-order valence-electron chi connectivity index (χ0n) is 10.3. The van der Waals surface area contributed by atoms with E-state index >= 15 is 0 Å². The van der Waals surface area contributed by atoms with Crippen LogP contribution in [0.2, 0.25) is 0 Å². The minimum atomic E-state index is -1.40. The van der Waals surface area contributed by atoms with Crippen LogP contribution >= 0.6 is 15.9 Å². The number of nitrogens with zero attached hydrogens (tertiary/aromatic N) is 1. The standard InChI is InChI=1S/C12H12BrN3O3/c1-12(2,10(17)18)16-11(19)15-9-5-8(13)4-3-7(9)6-14/h3-5H,1-2H3,(H,17,18)(H2,15,16,19). The molecule has 0 aromatic heterocycles. The Hall–Kier alpha value is -2.07. The number of hydrogen-bond acceptors (Lipinski definition) is 3. The Morgan fingerprint density at radius 1 is 1.42 bits per heavy atom. The number of urea groups is 1. The summed E-state index contributed by atoms with van der Waals surface area (Å²) in [4.78, 5) is 22.6. The molecule has 7 heteroatoms. The summed E-state index contributed by atoms with van der Waals surface area (Å²) in [6.07, 6.45) is 0. The lowest BCUT2D eigenvalue weighted by Crippen LogP contribution is -2.51. The maximum Gasteiger partial charge on any atom is 0.328 e. The molecular weight excluding hydrogens is 314 g/mol. The molecule has 0 saturated heterocycles. The van der Waals surface area contributed by atoms with Crippen LogP contribution in [0.4, 0.5) is 10.5 Å². The first-order chi connectivity index (χ1) is 8.76. The van der Waals surface area contributed by atoms with Crippen molar-refractivity contribution in [3.63, 3.8) is 0 Å². The van der Waals surface area contributed by atoms with Gasteiger partial charge in [-0.15, -0.1) is 0 Å². The molecule has 100 valence electrons. The van der Waals surface area contributed by atoms with Crippen molar-refractivity contribution in [2.24, 2.45) is 0 Å². The number of hydrogen-bond donors (Lipinski definition) is 3. The summed E-state index contributed by atoms with van der Waals surface area (Å²) in [6, 6.07) is 6.02. The van der Waals surface area contributed by atoms with Crippen LogP contribution in [0, 0.1) is 11.3 Å². The molecule has 0 spiro atoms.